The Labute approximate surface area is 195 Å². The fraction of sp³-hybridized carbons (Fsp3) is 0.381. The molecule has 2 aromatic rings. The Balaban J connectivity index is 1.65. The fourth-order valence-electron chi connectivity index (χ4n) is 3.54. The number of benzene rings is 2. The molecule has 0 aromatic heterocycles. The molecule has 1 heterocycles. The van der Waals surface area contributed by atoms with Crippen LogP contribution in [0.3, 0.4) is 0 Å². The molecule has 33 heavy (non-hydrogen) atoms. The Bertz CT molecular complexity index is 1120. The molecule has 1 saturated heterocycles. The minimum absolute atomic E-state index is 0.0845. The normalized spacial score (nSPS) is 15.9. The van der Waals surface area contributed by atoms with Gasteiger partial charge in [0.25, 0.3) is 0 Å². The molecule has 3 rings (SSSR count). The van der Waals surface area contributed by atoms with Crippen molar-refractivity contribution in [1.29, 1.82) is 0 Å². The highest BCUT2D eigenvalue weighted by atomic mass is 35.5. The summed E-state index contributed by atoms with van der Waals surface area (Å²) in [5.41, 5.74) is -0.322. The number of anilines is 1. The van der Waals surface area contributed by atoms with E-state index in [1.165, 1.54) is 43.2 Å². The van der Waals surface area contributed by atoms with Gasteiger partial charge in [-0.05, 0) is 43.3 Å². The third-order valence-corrected chi connectivity index (χ3v) is 7.04. The van der Waals surface area contributed by atoms with E-state index in [0.29, 0.717) is 18.8 Å². The maximum atomic E-state index is 13.0. The number of piperazine rings is 1. The average molecular weight is 506 g/mol. The number of halogens is 4. The first kappa shape index (κ1) is 25.1. The Kier molecular flexibility index (Phi) is 7.45. The van der Waals surface area contributed by atoms with Crippen LogP contribution in [0.1, 0.15) is 12.5 Å². The Morgan fingerprint density at radius 2 is 1.79 bits per heavy atom. The van der Waals surface area contributed by atoms with Crippen LogP contribution >= 0.6 is 11.6 Å². The van der Waals surface area contributed by atoms with Crippen molar-refractivity contribution in [3.63, 3.8) is 0 Å². The molecule has 1 N–H and O–H groups in total. The molecule has 0 unspecified atom stereocenters. The molecular formula is C21H23ClF3N3O4S. The van der Waals surface area contributed by atoms with Gasteiger partial charge in [0, 0.05) is 36.9 Å². The number of carbonyl (C=O) groups excluding carboxylic acids is 1. The summed E-state index contributed by atoms with van der Waals surface area (Å²) >= 11 is 5.91. The van der Waals surface area contributed by atoms with Crippen LogP contribution < -0.4 is 14.4 Å². The van der Waals surface area contributed by atoms with Crippen molar-refractivity contribution in [1.82, 2.24) is 9.62 Å². The van der Waals surface area contributed by atoms with Crippen molar-refractivity contribution in [2.24, 2.45) is 0 Å². The van der Waals surface area contributed by atoms with Gasteiger partial charge in [0.15, 0.2) is 0 Å². The molecule has 0 radical (unpaired) electrons. The number of nitrogens with zero attached hydrogens (tertiary/aromatic N) is 2. The van der Waals surface area contributed by atoms with E-state index >= 15 is 0 Å². The lowest BCUT2D eigenvalue weighted by molar-refractivity contribution is -0.137. The highest BCUT2D eigenvalue weighted by Crippen LogP contribution is 2.32. The number of carbonyl (C=O) groups is 1. The van der Waals surface area contributed by atoms with E-state index in [2.05, 4.69) is 4.72 Å². The van der Waals surface area contributed by atoms with E-state index < -0.39 is 33.7 Å². The van der Waals surface area contributed by atoms with Gasteiger partial charge < -0.3 is 14.5 Å². The van der Waals surface area contributed by atoms with Gasteiger partial charge in [-0.2, -0.15) is 17.9 Å². The highest BCUT2D eigenvalue weighted by molar-refractivity contribution is 7.89. The van der Waals surface area contributed by atoms with Gasteiger partial charge in [-0.15, -0.1) is 0 Å². The first-order chi connectivity index (χ1) is 15.4. The highest BCUT2D eigenvalue weighted by Gasteiger charge is 2.32. The van der Waals surface area contributed by atoms with E-state index in [-0.39, 0.29) is 28.8 Å². The zero-order valence-corrected chi connectivity index (χ0v) is 19.5. The van der Waals surface area contributed by atoms with Crippen LogP contribution in [0, 0.1) is 0 Å². The summed E-state index contributed by atoms with van der Waals surface area (Å²) in [5, 5.41) is 0.195. The number of nitrogens with one attached hydrogen (secondary N) is 1. The largest absolute Gasteiger partial charge is 0.495 e. The van der Waals surface area contributed by atoms with Gasteiger partial charge in [0.2, 0.25) is 15.9 Å². The second-order valence-corrected chi connectivity index (χ2v) is 9.62. The first-order valence-corrected chi connectivity index (χ1v) is 11.9. The minimum Gasteiger partial charge on any atom is -0.495 e. The van der Waals surface area contributed by atoms with E-state index in [0.717, 1.165) is 12.1 Å². The van der Waals surface area contributed by atoms with E-state index in [9.17, 15) is 26.4 Å². The van der Waals surface area contributed by atoms with Gasteiger partial charge in [-0.1, -0.05) is 17.7 Å². The van der Waals surface area contributed by atoms with Crippen LogP contribution in [0.25, 0.3) is 0 Å². The van der Waals surface area contributed by atoms with Gasteiger partial charge in [-0.3, -0.25) is 4.79 Å². The number of hydrogen-bond acceptors (Lipinski definition) is 5. The Morgan fingerprint density at radius 1 is 1.12 bits per heavy atom. The summed E-state index contributed by atoms with van der Waals surface area (Å²) in [6.07, 6.45) is -4.44. The van der Waals surface area contributed by atoms with Gasteiger partial charge in [0.1, 0.15) is 10.6 Å². The maximum absolute atomic E-state index is 13.0. The number of alkyl halides is 3. The lowest BCUT2D eigenvalue weighted by Gasteiger charge is -2.37. The summed E-state index contributed by atoms with van der Waals surface area (Å²) in [4.78, 5) is 15.9. The Hall–Kier alpha value is -2.50. The number of sulfonamides is 1. The van der Waals surface area contributed by atoms with Crippen LogP contribution in [-0.2, 0) is 21.0 Å². The molecule has 1 fully saturated rings. The second kappa shape index (κ2) is 9.78. The van der Waals surface area contributed by atoms with Crippen molar-refractivity contribution in [3.05, 3.63) is 53.1 Å². The number of methoxy groups -OCH3 is 1. The zero-order valence-electron chi connectivity index (χ0n) is 17.9. The van der Waals surface area contributed by atoms with Crippen molar-refractivity contribution < 1.29 is 31.1 Å². The second-order valence-electron chi connectivity index (χ2n) is 7.50. The molecule has 0 bridgehead atoms. The van der Waals surface area contributed by atoms with Gasteiger partial charge >= 0.3 is 6.18 Å². The van der Waals surface area contributed by atoms with Crippen molar-refractivity contribution in [3.8, 4) is 5.75 Å². The molecule has 2 aromatic carbocycles. The minimum atomic E-state index is -4.44. The van der Waals surface area contributed by atoms with Crippen molar-refractivity contribution in [2.45, 2.75) is 24.0 Å². The van der Waals surface area contributed by atoms with E-state index in [1.54, 1.807) is 11.0 Å². The lowest BCUT2D eigenvalue weighted by atomic mass is 10.1. The molecule has 0 aliphatic carbocycles. The summed E-state index contributed by atoms with van der Waals surface area (Å²) < 4.78 is 71.9. The predicted molar refractivity (Wildman–Crippen MR) is 118 cm³/mol. The topological polar surface area (TPSA) is 78.9 Å². The molecule has 180 valence electrons. The summed E-state index contributed by atoms with van der Waals surface area (Å²) in [6.45, 7) is 2.53. The first-order valence-electron chi connectivity index (χ1n) is 9.99. The lowest BCUT2D eigenvalue weighted by Crippen LogP contribution is -2.54. The summed E-state index contributed by atoms with van der Waals surface area (Å²) in [6, 6.07) is 8.07. The number of ether oxygens (including phenoxy) is 1. The molecule has 1 amide bonds. The molecule has 0 saturated carbocycles. The molecule has 12 heteroatoms. The molecule has 1 atom stereocenters. The zero-order chi connectivity index (χ0) is 24.4. The molecule has 7 nitrogen and oxygen atoms in total. The third-order valence-electron chi connectivity index (χ3n) is 5.25. The van der Waals surface area contributed by atoms with Crippen LogP contribution in [0.2, 0.25) is 5.02 Å². The van der Waals surface area contributed by atoms with Crippen molar-refractivity contribution in [2.75, 3.05) is 38.2 Å². The smallest absolute Gasteiger partial charge is 0.416 e. The van der Waals surface area contributed by atoms with Crippen LogP contribution in [0.4, 0.5) is 18.9 Å². The maximum Gasteiger partial charge on any atom is 0.416 e. The van der Waals surface area contributed by atoms with Crippen LogP contribution in [-0.4, -0.2) is 58.6 Å². The summed E-state index contributed by atoms with van der Waals surface area (Å²) in [7, 11) is -2.78. The molecular weight excluding hydrogens is 483 g/mol. The third kappa shape index (κ3) is 5.90. The van der Waals surface area contributed by atoms with Crippen LogP contribution in [0.5, 0.6) is 5.75 Å². The Morgan fingerprint density at radius 3 is 2.39 bits per heavy atom. The van der Waals surface area contributed by atoms with Gasteiger partial charge in [0.05, 0.1) is 18.7 Å². The van der Waals surface area contributed by atoms with E-state index in [1.807, 2.05) is 0 Å². The SMILES string of the molecule is COc1ccc(Cl)cc1S(=O)(=O)N[C@@H](C)C(=O)N1CCN(c2cccc(C(F)(F)F)c2)CC1. The number of hydrogen-bond donors (Lipinski definition) is 1. The fourth-order valence-corrected chi connectivity index (χ4v) is 5.17. The van der Waals surface area contributed by atoms with Crippen LogP contribution in [0.15, 0.2) is 47.4 Å². The average Bonchev–Trinajstić information content (AvgIpc) is 2.78. The van der Waals surface area contributed by atoms with Crippen molar-refractivity contribution >= 4 is 33.2 Å². The number of rotatable bonds is 6. The van der Waals surface area contributed by atoms with Gasteiger partial charge in [-0.25, -0.2) is 8.42 Å². The summed E-state index contributed by atoms with van der Waals surface area (Å²) in [5.74, 6) is -0.357. The number of amides is 1. The monoisotopic (exact) mass is 505 g/mol. The predicted octanol–water partition coefficient (Wildman–Crippen LogP) is 3.38. The van der Waals surface area contributed by atoms with E-state index in [4.69, 9.17) is 16.3 Å². The quantitative estimate of drug-likeness (QED) is 0.651. The molecule has 0 spiro atoms. The molecule has 1 aliphatic heterocycles. The standard InChI is InChI=1S/C21H23ClF3N3O4S/c1-14(26-33(30,31)19-13-16(22)6-7-18(19)32-2)20(29)28-10-8-27(9-11-28)17-5-3-4-15(12-17)21(23,24)25/h3-7,12-14,26H,8-11H2,1-2H3/t14-/m0/s1. The molecule has 1 aliphatic rings.